The van der Waals surface area contributed by atoms with Crippen LogP contribution in [-0.2, 0) is 17.1 Å². The number of nitro groups is 1. The third-order valence-electron chi connectivity index (χ3n) is 3.03. The summed E-state index contributed by atoms with van der Waals surface area (Å²) in [6, 6.07) is 19.4. The molecule has 0 radical (unpaired) electrons. The Kier molecular flexibility index (Phi) is 8.53. The van der Waals surface area contributed by atoms with Crippen molar-refractivity contribution < 1.29 is 31.9 Å². The Labute approximate surface area is 169 Å². The SMILES string of the molecule is O=C(C#Cc1ccc[cH-]1)c1cc(Br)cc([N+](=O)[O-])c1O.[Fe+2].c1cc[cH-]c1. The minimum absolute atomic E-state index is 0. The molecule has 0 heterocycles. The molecule has 0 bridgehead atoms. The number of hydrogen-bond acceptors (Lipinski definition) is 4. The second-order valence-corrected chi connectivity index (χ2v) is 5.71. The molecule has 5 nitrogen and oxygen atoms in total. The molecule has 0 aliphatic carbocycles. The van der Waals surface area contributed by atoms with Crippen LogP contribution in [0.2, 0.25) is 0 Å². The molecule has 3 aromatic carbocycles. The van der Waals surface area contributed by atoms with E-state index >= 15 is 0 Å². The maximum atomic E-state index is 11.9. The normalized spacial score (nSPS) is 8.96. The molecular formula is C19H12BrFeNO4. The van der Waals surface area contributed by atoms with Gasteiger partial charge in [-0.1, -0.05) is 21.9 Å². The summed E-state index contributed by atoms with van der Waals surface area (Å²) in [6.45, 7) is 0. The number of Topliss-reactive ketones (excluding diaryl/α,β-unsaturated/α-hetero) is 1. The Bertz CT molecular complexity index is 905. The number of hydrogen-bond donors (Lipinski definition) is 1. The molecule has 0 atom stereocenters. The first kappa shape index (κ1) is 21.4. The summed E-state index contributed by atoms with van der Waals surface area (Å²) in [5.41, 5.74) is -0.0923. The van der Waals surface area contributed by atoms with Crippen LogP contribution in [0.5, 0.6) is 5.75 Å². The van der Waals surface area contributed by atoms with Crippen molar-refractivity contribution in [1.82, 2.24) is 0 Å². The molecule has 0 saturated carbocycles. The van der Waals surface area contributed by atoms with Gasteiger partial charge in [0.2, 0.25) is 11.5 Å². The fourth-order valence-electron chi connectivity index (χ4n) is 1.87. The Balaban J connectivity index is 0.000000486. The molecule has 0 amide bonds. The molecule has 3 rings (SSSR count). The molecule has 3 aromatic rings. The minimum Gasteiger partial charge on any atom is -0.502 e. The zero-order chi connectivity index (χ0) is 18.2. The largest absolute Gasteiger partial charge is 2.00 e. The van der Waals surface area contributed by atoms with Crippen molar-refractivity contribution >= 4 is 27.4 Å². The number of carbonyl (C=O) groups is 1. The van der Waals surface area contributed by atoms with E-state index in [2.05, 4.69) is 27.8 Å². The number of carbonyl (C=O) groups excluding carboxylic acids is 1. The summed E-state index contributed by atoms with van der Waals surface area (Å²) >= 11 is 3.06. The third kappa shape index (κ3) is 6.01. The van der Waals surface area contributed by atoms with E-state index in [1.807, 2.05) is 30.3 Å². The number of ketones is 1. The first-order chi connectivity index (χ1) is 12.0. The van der Waals surface area contributed by atoms with E-state index in [1.54, 1.807) is 24.3 Å². The maximum absolute atomic E-state index is 11.9. The van der Waals surface area contributed by atoms with Crippen LogP contribution in [0.4, 0.5) is 5.69 Å². The van der Waals surface area contributed by atoms with Gasteiger partial charge in [0.15, 0.2) is 0 Å². The van der Waals surface area contributed by atoms with Crippen LogP contribution in [-0.4, -0.2) is 15.8 Å². The fraction of sp³-hybridized carbons (Fsp3) is 0. The maximum Gasteiger partial charge on any atom is 2.00 e. The molecule has 0 saturated heterocycles. The van der Waals surface area contributed by atoms with E-state index in [0.717, 1.165) is 6.07 Å². The van der Waals surface area contributed by atoms with E-state index in [-0.39, 0.29) is 22.6 Å². The summed E-state index contributed by atoms with van der Waals surface area (Å²) in [6.07, 6.45) is 0. The number of phenols is 1. The average Bonchev–Trinajstić information content (AvgIpc) is 3.30. The van der Waals surface area contributed by atoms with Crippen molar-refractivity contribution in [2.24, 2.45) is 0 Å². The van der Waals surface area contributed by atoms with Crippen molar-refractivity contribution in [2.75, 3.05) is 0 Å². The zero-order valence-corrected chi connectivity index (χ0v) is 15.9. The van der Waals surface area contributed by atoms with Crippen LogP contribution in [0.25, 0.3) is 0 Å². The molecule has 0 fully saturated rings. The molecular weight excluding hydrogens is 442 g/mol. The molecule has 0 unspecified atom stereocenters. The molecule has 0 aromatic heterocycles. The van der Waals surface area contributed by atoms with Gasteiger partial charge in [-0.15, -0.1) is 11.6 Å². The van der Waals surface area contributed by atoms with Gasteiger partial charge in [-0.2, -0.15) is 42.3 Å². The van der Waals surface area contributed by atoms with Gasteiger partial charge in [-0.05, 0) is 6.07 Å². The van der Waals surface area contributed by atoms with E-state index in [9.17, 15) is 20.0 Å². The first-order valence-corrected chi connectivity index (χ1v) is 7.90. The Morgan fingerprint density at radius 3 is 2.38 bits per heavy atom. The molecule has 0 spiro atoms. The summed E-state index contributed by atoms with van der Waals surface area (Å²) in [5, 5.41) is 20.5. The number of aromatic hydroxyl groups is 1. The quantitative estimate of drug-likeness (QED) is 0.155. The Morgan fingerprint density at radius 1 is 1.19 bits per heavy atom. The van der Waals surface area contributed by atoms with Gasteiger partial charge in [0.25, 0.3) is 0 Å². The van der Waals surface area contributed by atoms with Crippen molar-refractivity contribution in [2.45, 2.75) is 0 Å². The standard InChI is InChI=1S/C14H7BrNO4.C5H5.Fe/c15-10-7-11(14(18)12(8-10)16(19)20)13(17)6-5-9-3-1-2-4-9;1-2-4-5-3-1;/h1-4,7-8,18H;1-5H;/q2*-1;+2. The minimum atomic E-state index is -0.762. The van der Waals surface area contributed by atoms with Crippen LogP contribution >= 0.6 is 15.9 Å². The summed E-state index contributed by atoms with van der Waals surface area (Å²) in [5.74, 6) is 3.60. The molecule has 0 aliphatic heterocycles. The molecule has 132 valence electrons. The number of rotatable bonds is 2. The van der Waals surface area contributed by atoms with E-state index < -0.39 is 22.1 Å². The number of nitrogens with zero attached hydrogens (tertiary/aromatic N) is 1. The van der Waals surface area contributed by atoms with Crippen molar-refractivity contribution in [3.05, 3.63) is 92.4 Å². The van der Waals surface area contributed by atoms with Gasteiger partial charge in [-0.25, -0.2) is 12.1 Å². The monoisotopic (exact) mass is 453 g/mol. The van der Waals surface area contributed by atoms with Gasteiger partial charge in [0.05, 0.1) is 10.5 Å². The predicted octanol–water partition coefficient (Wildman–Crippen LogP) is 4.42. The number of halogens is 1. The summed E-state index contributed by atoms with van der Waals surface area (Å²) in [7, 11) is 0. The van der Waals surface area contributed by atoms with Crippen molar-refractivity contribution in [1.29, 1.82) is 0 Å². The molecule has 1 N–H and O–H groups in total. The van der Waals surface area contributed by atoms with Crippen LogP contribution in [0.15, 0.2) is 71.2 Å². The van der Waals surface area contributed by atoms with Crippen LogP contribution < -0.4 is 0 Å². The number of nitro benzene ring substituents is 1. The van der Waals surface area contributed by atoms with Gasteiger partial charge in [0, 0.05) is 10.5 Å². The molecule has 26 heavy (non-hydrogen) atoms. The van der Waals surface area contributed by atoms with Gasteiger partial charge >= 0.3 is 22.8 Å². The third-order valence-corrected chi connectivity index (χ3v) is 3.49. The van der Waals surface area contributed by atoms with Gasteiger partial charge in [0.1, 0.15) is 0 Å². The fourth-order valence-corrected chi connectivity index (χ4v) is 2.32. The van der Waals surface area contributed by atoms with E-state index in [0.29, 0.717) is 10.0 Å². The topological polar surface area (TPSA) is 80.4 Å². The first-order valence-electron chi connectivity index (χ1n) is 7.10. The summed E-state index contributed by atoms with van der Waals surface area (Å²) < 4.78 is 0.320. The van der Waals surface area contributed by atoms with E-state index in [1.165, 1.54) is 6.07 Å². The molecule has 7 heteroatoms. The van der Waals surface area contributed by atoms with Gasteiger partial charge < -0.3 is 5.11 Å². The number of benzene rings is 1. The van der Waals surface area contributed by atoms with Crippen molar-refractivity contribution in [3.8, 4) is 17.6 Å². The van der Waals surface area contributed by atoms with Gasteiger partial charge in [-0.3, -0.25) is 14.9 Å². The van der Waals surface area contributed by atoms with E-state index in [4.69, 9.17) is 0 Å². The second-order valence-electron chi connectivity index (χ2n) is 4.79. The molecule has 0 aliphatic rings. The Hall–Kier alpha value is -2.65. The Morgan fingerprint density at radius 2 is 1.88 bits per heavy atom. The van der Waals surface area contributed by atoms with Crippen LogP contribution in [0.3, 0.4) is 0 Å². The summed E-state index contributed by atoms with van der Waals surface area (Å²) in [4.78, 5) is 21.9. The number of phenolic OH excluding ortho intramolecular Hbond substituents is 1. The predicted molar refractivity (Wildman–Crippen MR) is 97.7 cm³/mol. The second kappa shape index (κ2) is 10.4. The van der Waals surface area contributed by atoms with Crippen molar-refractivity contribution in [3.63, 3.8) is 0 Å². The smallest absolute Gasteiger partial charge is 0.502 e. The van der Waals surface area contributed by atoms with Crippen LogP contribution in [0, 0.1) is 22.0 Å². The average molecular weight is 454 g/mol. The zero-order valence-electron chi connectivity index (χ0n) is 13.2. The van der Waals surface area contributed by atoms with Crippen LogP contribution in [0.1, 0.15) is 15.9 Å².